The second-order valence-corrected chi connectivity index (χ2v) is 9.96. The minimum atomic E-state index is -0.476. The first kappa shape index (κ1) is 24.4. The molecule has 0 atom stereocenters. The number of carbonyl (C=O) groups is 2. The largest absolute Gasteiger partial charge is 0.322 e. The molecule has 0 fully saturated rings. The van der Waals surface area contributed by atoms with E-state index in [0.29, 0.717) is 11.5 Å². The minimum Gasteiger partial charge on any atom is -0.313 e. The summed E-state index contributed by atoms with van der Waals surface area (Å²) >= 11 is 0. The number of aromatic nitrogens is 2. The molecule has 170 valence electrons. The van der Waals surface area contributed by atoms with Gasteiger partial charge in [-0.15, -0.1) is 0 Å². The maximum Gasteiger partial charge on any atom is 0.322 e. The first-order valence-electron chi connectivity index (χ1n) is 10.4. The molecule has 0 unspecified atom stereocenters. The Labute approximate surface area is 184 Å². The predicted molar refractivity (Wildman–Crippen MR) is 122 cm³/mol. The van der Waals surface area contributed by atoms with Crippen molar-refractivity contribution in [3.63, 3.8) is 0 Å². The van der Waals surface area contributed by atoms with Crippen LogP contribution < -0.4 is 10.6 Å². The van der Waals surface area contributed by atoms with E-state index in [-0.39, 0.29) is 29.4 Å². The van der Waals surface area contributed by atoms with Crippen molar-refractivity contribution in [3.8, 4) is 0 Å². The topological polar surface area (TPSA) is 79.3 Å². The summed E-state index contributed by atoms with van der Waals surface area (Å²) in [7, 11) is 0. The Morgan fingerprint density at radius 3 is 2.26 bits per heavy atom. The molecule has 0 radical (unpaired) electrons. The number of rotatable bonds is 5. The van der Waals surface area contributed by atoms with Gasteiger partial charge in [-0.1, -0.05) is 26.8 Å². The van der Waals surface area contributed by atoms with Gasteiger partial charge in [0, 0.05) is 23.2 Å². The van der Waals surface area contributed by atoms with Crippen LogP contribution in [0.4, 0.5) is 20.7 Å². The molecule has 0 saturated carbocycles. The third-order valence-electron chi connectivity index (χ3n) is 4.65. The highest BCUT2D eigenvalue weighted by Gasteiger charge is 2.27. The van der Waals surface area contributed by atoms with Crippen molar-refractivity contribution >= 4 is 23.4 Å². The Kier molecular flexibility index (Phi) is 7.14. The molecule has 31 heavy (non-hydrogen) atoms. The highest BCUT2D eigenvalue weighted by Crippen LogP contribution is 2.28. The maximum absolute atomic E-state index is 13.4. The average Bonchev–Trinajstić information content (AvgIpc) is 3.03. The van der Waals surface area contributed by atoms with Crippen molar-refractivity contribution in [2.75, 3.05) is 17.2 Å². The molecule has 0 bridgehead atoms. The van der Waals surface area contributed by atoms with Crippen LogP contribution in [0.3, 0.4) is 0 Å². The normalized spacial score (nSPS) is 12.1. The summed E-state index contributed by atoms with van der Waals surface area (Å²) in [6, 6.07) is 6.79. The van der Waals surface area contributed by atoms with Crippen LogP contribution in [0.2, 0.25) is 0 Å². The number of urea groups is 1. The van der Waals surface area contributed by atoms with Gasteiger partial charge in [-0.05, 0) is 52.8 Å². The smallest absolute Gasteiger partial charge is 0.313 e. The van der Waals surface area contributed by atoms with Gasteiger partial charge in [0.25, 0.3) is 0 Å². The summed E-state index contributed by atoms with van der Waals surface area (Å²) in [5.41, 5.74) is 0.683. The Balaban J connectivity index is 2.18. The lowest BCUT2D eigenvalue weighted by atomic mass is 9.92. The van der Waals surface area contributed by atoms with E-state index in [0.717, 1.165) is 5.69 Å². The molecular weight excluding hydrogens is 397 g/mol. The van der Waals surface area contributed by atoms with Crippen molar-refractivity contribution in [1.82, 2.24) is 14.7 Å². The molecule has 2 rings (SSSR count). The number of carbonyl (C=O) groups excluding carboxylic acids is 2. The number of nitrogens with one attached hydrogen (secondary N) is 2. The van der Waals surface area contributed by atoms with E-state index in [9.17, 15) is 14.0 Å². The molecule has 0 saturated heterocycles. The van der Waals surface area contributed by atoms with E-state index in [1.807, 2.05) is 40.7 Å². The van der Waals surface area contributed by atoms with Gasteiger partial charge in [0.15, 0.2) is 0 Å². The van der Waals surface area contributed by atoms with Crippen LogP contribution in [0.25, 0.3) is 0 Å². The molecule has 3 amide bonds. The number of benzene rings is 1. The van der Waals surface area contributed by atoms with Crippen LogP contribution in [0, 0.1) is 5.82 Å². The van der Waals surface area contributed by atoms with Gasteiger partial charge in [-0.25, -0.2) is 13.9 Å². The zero-order valence-electron chi connectivity index (χ0n) is 19.7. The third-order valence-corrected chi connectivity index (χ3v) is 4.65. The Hall–Kier alpha value is -2.90. The second kappa shape index (κ2) is 9.08. The highest BCUT2D eigenvalue weighted by molar-refractivity contribution is 5.96. The quantitative estimate of drug-likeness (QED) is 0.703. The fourth-order valence-corrected chi connectivity index (χ4v) is 2.94. The van der Waals surface area contributed by atoms with Crippen molar-refractivity contribution < 1.29 is 14.0 Å². The molecule has 0 spiro atoms. The maximum atomic E-state index is 13.4. The lowest BCUT2D eigenvalue weighted by Gasteiger charge is -2.27. The van der Waals surface area contributed by atoms with Crippen LogP contribution in [-0.2, 0) is 15.7 Å². The zero-order chi connectivity index (χ0) is 23.6. The van der Waals surface area contributed by atoms with Gasteiger partial charge in [0.2, 0.25) is 5.91 Å². The van der Waals surface area contributed by atoms with E-state index >= 15 is 0 Å². The van der Waals surface area contributed by atoms with Gasteiger partial charge in [-0.2, -0.15) is 5.10 Å². The Morgan fingerprint density at radius 1 is 1.10 bits per heavy atom. The number of halogens is 1. The van der Waals surface area contributed by atoms with Crippen LogP contribution in [0.1, 0.15) is 61.1 Å². The van der Waals surface area contributed by atoms with Crippen LogP contribution in [0.15, 0.2) is 30.3 Å². The Morgan fingerprint density at radius 2 is 1.74 bits per heavy atom. The average molecular weight is 432 g/mol. The van der Waals surface area contributed by atoms with E-state index < -0.39 is 11.8 Å². The molecule has 8 heteroatoms. The Bertz CT molecular complexity index is 938. The van der Waals surface area contributed by atoms with Crippen molar-refractivity contribution in [2.24, 2.45) is 0 Å². The zero-order valence-corrected chi connectivity index (χ0v) is 19.7. The number of hydrogen-bond donors (Lipinski definition) is 2. The van der Waals surface area contributed by atoms with Crippen LogP contribution >= 0.6 is 0 Å². The van der Waals surface area contributed by atoms with Crippen molar-refractivity contribution in [3.05, 3.63) is 41.8 Å². The van der Waals surface area contributed by atoms with Gasteiger partial charge in [0.1, 0.15) is 18.2 Å². The van der Waals surface area contributed by atoms with Gasteiger partial charge >= 0.3 is 6.03 Å². The summed E-state index contributed by atoms with van der Waals surface area (Å²) in [5.74, 6) is -0.206. The summed E-state index contributed by atoms with van der Waals surface area (Å²) < 4.78 is 15.2. The molecular formula is C23H34FN5O2. The van der Waals surface area contributed by atoms with E-state index in [1.54, 1.807) is 10.7 Å². The predicted octanol–water partition coefficient (Wildman–Crippen LogP) is 4.96. The standard InChI is InChI=1S/C23H34FN5O2/c1-15(2)28(21(31)25-17-11-9-10-16(24)12-17)14-20(30)26-19-13-18(22(3,4)5)27-29(19)23(6,7)8/h9-13,15H,14H2,1-8H3,(H,25,31)(H,26,30). The molecule has 1 aromatic heterocycles. The van der Waals surface area contributed by atoms with Crippen LogP contribution in [-0.4, -0.2) is 39.2 Å². The molecule has 2 N–H and O–H groups in total. The fraction of sp³-hybridized carbons (Fsp3) is 0.522. The first-order valence-corrected chi connectivity index (χ1v) is 10.4. The van der Waals surface area contributed by atoms with E-state index in [4.69, 9.17) is 5.10 Å². The number of hydrogen-bond acceptors (Lipinski definition) is 3. The van der Waals surface area contributed by atoms with Crippen LogP contribution in [0.5, 0.6) is 0 Å². The fourth-order valence-electron chi connectivity index (χ4n) is 2.94. The minimum absolute atomic E-state index is 0.154. The van der Waals surface area contributed by atoms with E-state index in [2.05, 4.69) is 31.4 Å². The van der Waals surface area contributed by atoms with Gasteiger partial charge < -0.3 is 15.5 Å². The number of anilines is 2. The highest BCUT2D eigenvalue weighted by atomic mass is 19.1. The lowest BCUT2D eigenvalue weighted by Crippen LogP contribution is -2.45. The van der Waals surface area contributed by atoms with Crippen molar-refractivity contribution in [2.45, 2.75) is 72.4 Å². The molecule has 7 nitrogen and oxygen atoms in total. The molecule has 0 aliphatic heterocycles. The first-order chi connectivity index (χ1) is 14.2. The monoisotopic (exact) mass is 431 g/mol. The molecule has 1 aromatic carbocycles. The molecule has 0 aliphatic rings. The summed E-state index contributed by atoms with van der Waals surface area (Å²) in [4.78, 5) is 26.9. The molecule has 2 aromatic rings. The SMILES string of the molecule is CC(C)N(CC(=O)Nc1cc(C(C)(C)C)nn1C(C)(C)C)C(=O)Nc1cccc(F)c1. The summed E-state index contributed by atoms with van der Waals surface area (Å²) in [6.45, 7) is 15.7. The number of nitrogens with zero attached hydrogens (tertiary/aromatic N) is 3. The van der Waals surface area contributed by atoms with Gasteiger partial charge in [-0.3, -0.25) is 4.79 Å². The lowest BCUT2D eigenvalue weighted by molar-refractivity contribution is -0.117. The second-order valence-electron chi connectivity index (χ2n) is 9.96. The third kappa shape index (κ3) is 6.54. The molecule has 1 heterocycles. The summed E-state index contributed by atoms with van der Waals surface area (Å²) in [6.07, 6.45) is 0. The number of amides is 3. The van der Waals surface area contributed by atoms with Crippen molar-refractivity contribution in [1.29, 1.82) is 0 Å². The summed E-state index contributed by atoms with van der Waals surface area (Å²) in [5, 5.41) is 10.2. The molecule has 0 aliphatic carbocycles. The van der Waals surface area contributed by atoms with Gasteiger partial charge in [0.05, 0.1) is 11.2 Å². The van der Waals surface area contributed by atoms with E-state index in [1.165, 1.54) is 23.1 Å².